The highest BCUT2D eigenvalue weighted by atomic mass is 79.9. The van der Waals surface area contributed by atoms with Gasteiger partial charge in [-0.05, 0) is 56.0 Å². The summed E-state index contributed by atoms with van der Waals surface area (Å²) in [6.07, 6.45) is 5.09. The molecule has 1 fully saturated rings. The second kappa shape index (κ2) is 7.15. The van der Waals surface area contributed by atoms with E-state index < -0.39 is 0 Å². The molecule has 1 aliphatic rings. The molecule has 1 atom stereocenters. The maximum atomic E-state index is 5.77. The summed E-state index contributed by atoms with van der Waals surface area (Å²) in [6.45, 7) is 4.22. The second-order valence-electron chi connectivity index (χ2n) is 5.05. The van der Waals surface area contributed by atoms with E-state index >= 15 is 0 Å². The lowest BCUT2D eigenvalue weighted by molar-refractivity contribution is 0.270. The van der Waals surface area contributed by atoms with Gasteiger partial charge in [0.25, 0.3) is 0 Å². The number of ether oxygens (including phenoxy) is 1. The van der Waals surface area contributed by atoms with E-state index in [0.29, 0.717) is 0 Å². The zero-order valence-electron chi connectivity index (χ0n) is 11.0. The molecule has 0 amide bonds. The van der Waals surface area contributed by atoms with Crippen molar-refractivity contribution in [2.75, 3.05) is 13.2 Å². The molecule has 1 unspecified atom stereocenters. The lowest BCUT2D eigenvalue weighted by Gasteiger charge is -2.16. The van der Waals surface area contributed by atoms with Crippen molar-refractivity contribution in [3.8, 4) is 5.75 Å². The summed E-state index contributed by atoms with van der Waals surface area (Å²) in [6, 6.07) is 8.86. The molecule has 0 saturated heterocycles. The van der Waals surface area contributed by atoms with Gasteiger partial charge in [0.05, 0.1) is 6.61 Å². The SMILES string of the molecule is CCC(CCOc1ccc(Br)cc1)CNC1CC1. The van der Waals surface area contributed by atoms with Crippen LogP contribution >= 0.6 is 15.9 Å². The molecule has 1 N–H and O–H groups in total. The summed E-state index contributed by atoms with van der Waals surface area (Å²) in [5.41, 5.74) is 0. The van der Waals surface area contributed by atoms with Crippen LogP contribution in [0.25, 0.3) is 0 Å². The summed E-state index contributed by atoms with van der Waals surface area (Å²) >= 11 is 3.42. The van der Waals surface area contributed by atoms with Crippen LogP contribution in [0.3, 0.4) is 0 Å². The molecule has 18 heavy (non-hydrogen) atoms. The van der Waals surface area contributed by atoms with Crippen LogP contribution in [0.2, 0.25) is 0 Å². The third kappa shape index (κ3) is 4.99. The first-order valence-electron chi connectivity index (χ1n) is 6.89. The van der Waals surface area contributed by atoms with Crippen LogP contribution in [0.5, 0.6) is 5.75 Å². The fraction of sp³-hybridized carbons (Fsp3) is 0.600. The molecule has 100 valence electrons. The maximum Gasteiger partial charge on any atom is 0.119 e. The van der Waals surface area contributed by atoms with Crippen molar-refractivity contribution in [2.24, 2.45) is 5.92 Å². The predicted molar refractivity (Wildman–Crippen MR) is 79.1 cm³/mol. The maximum absolute atomic E-state index is 5.77. The first-order chi connectivity index (χ1) is 8.78. The van der Waals surface area contributed by atoms with Crippen molar-refractivity contribution < 1.29 is 4.74 Å². The normalized spacial score (nSPS) is 16.6. The zero-order valence-corrected chi connectivity index (χ0v) is 12.6. The van der Waals surface area contributed by atoms with Gasteiger partial charge in [0.2, 0.25) is 0 Å². The smallest absolute Gasteiger partial charge is 0.119 e. The van der Waals surface area contributed by atoms with Crippen LogP contribution in [-0.4, -0.2) is 19.2 Å². The molecular weight excluding hydrogens is 290 g/mol. The third-order valence-electron chi connectivity index (χ3n) is 3.46. The average molecular weight is 312 g/mol. The highest BCUT2D eigenvalue weighted by Gasteiger charge is 2.21. The van der Waals surface area contributed by atoms with Crippen molar-refractivity contribution in [3.63, 3.8) is 0 Å². The molecule has 2 nitrogen and oxygen atoms in total. The Kier molecular flexibility index (Phi) is 5.51. The highest BCUT2D eigenvalue weighted by Crippen LogP contribution is 2.20. The molecule has 1 aromatic rings. The molecule has 2 rings (SSSR count). The van der Waals surface area contributed by atoms with E-state index in [9.17, 15) is 0 Å². The van der Waals surface area contributed by atoms with Crippen molar-refractivity contribution in [3.05, 3.63) is 28.7 Å². The molecule has 0 heterocycles. The Labute approximate surface area is 118 Å². The Hall–Kier alpha value is -0.540. The summed E-state index contributed by atoms with van der Waals surface area (Å²) in [5, 5.41) is 3.60. The van der Waals surface area contributed by atoms with Crippen LogP contribution in [0.4, 0.5) is 0 Å². The first kappa shape index (κ1) is 13.9. The Morgan fingerprint density at radius 3 is 2.67 bits per heavy atom. The topological polar surface area (TPSA) is 21.3 Å². The Bertz CT molecular complexity index is 348. The van der Waals surface area contributed by atoms with Gasteiger partial charge in [0.1, 0.15) is 5.75 Å². The molecule has 1 saturated carbocycles. The summed E-state index contributed by atoms with van der Waals surface area (Å²) < 4.78 is 6.86. The Balaban J connectivity index is 1.64. The van der Waals surface area contributed by atoms with E-state index in [-0.39, 0.29) is 0 Å². The van der Waals surface area contributed by atoms with E-state index in [1.807, 2.05) is 24.3 Å². The molecular formula is C15H22BrNO. The molecule has 0 bridgehead atoms. The molecule has 0 radical (unpaired) electrons. The van der Waals surface area contributed by atoms with E-state index in [4.69, 9.17) is 4.74 Å². The molecule has 0 aromatic heterocycles. The van der Waals surface area contributed by atoms with Crippen LogP contribution in [-0.2, 0) is 0 Å². The quantitative estimate of drug-likeness (QED) is 0.783. The lowest BCUT2D eigenvalue weighted by Crippen LogP contribution is -2.25. The monoisotopic (exact) mass is 311 g/mol. The van der Waals surface area contributed by atoms with Crippen molar-refractivity contribution in [2.45, 2.75) is 38.6 Å². The number of hydrogen-bond acceptors (Lipinski definition) is 2. The standard InChI is InChI=1S/C15H22BrNO/c1-2-12(11-17-14-5-6-14)9-10-18-15-7-3-13(16)4-8-15/h3-4,7-8,12,14,17H,2,5-6,9-11H2,1H3. The van der Waals surface area contributed by atoms with Gasteiger partial charge in [-0.3, -0.25) is 0 Å². The van der Waals surface area contributed by atoms with Crippen LogP contribution in [0.1, 0.15) is 32.6 Å². The minimum absolute atomic E-state index is 0.737. The number of benzene rings is 1. The fourth-order valence-electron chi connectivity index (χ4n) is 1.95. The van der Waals surface area contributed by atoms with Crippen LogP contribution in [0, 0.1) is 5.92 Å². The minimum atomic E-state index is 0.737. The highest BCUT2D eigenvalue weighted by molar-refractivity contribution is 9.10. The summed E-state index contributed by atoms with van der Waals surface area (Å²) in [5.74, 6) is 1.70. The fourth-order valence-corrected chi connectivity index (χ4v) is 2.21. The molecule has 0 aliphatic heterocycles. The Morgan fingerprint density at radius 2 is 2.06 bits per heavy atom. The van der Waals surface area contributed by atoms with Gasteiger partial charge < -0.3 is 10.1 Å². The number of hydrogen-bond donors (Lipinski definition) is 1. The van der Waals surface area contributed by atoms with Gasteiger partial charge in [-0.2, -0.15) is 0 Å². The van der Waals surface area contributed by atoms with E-state index in [0.717, 1.165) is 41.8 Å². The predicted octanol–water partition coefficient (Wildman–Crippen LogP) is 4.00. The number of halogens is 1. The van der Waals surface area contributed by atoms with Gasteiger partial charge in [-0.15, -0.1) is 0 Å². The lowest BCUT2D eigenvalue weighted by atomic mass is 10.0. The van der Waals surface area contributed by atoms with E-state index in [1.54, 1.807) is 0 Å². The largest absolute Gasteiger partial charge is 0.494 e. The van der Waals surface area contributed by atoms with E-state index in [1.165, 1.54) is 19.3 Å². The van der Waals surface area contributed by atoms with Crippen molar-refractivity contribution in [1.29, 1.82) is 0 Å². The van der Waals surface area contributed by atoms with Gasteiger partial charge in [-0.1, -0.05) is 29.3 Å². The molecule has 1 aromatic carbocycles. The summed E-state index contributed by atoms with van der Waals surface area (Å²) in [4.78, 5) is 0. The first-order valence-corrected chi connectivity index (χ1v) is 7.69. The van der Waals surface area contributed by atoms with Gasteiger partial charge in [-0.25, -0.2) is 0 Å². The number of rotatable bonds is 8. The van der Waals surface area contributed by atoms with Gasteiger partial charge in [0, 0.05) is 10.5 Å². The molecule has 1 aliphatic carbocycles. The average Bonchev–Trinajstić information content (AvgIpc) is 3.20. The summed E-state index contributed by atoms with van der Waals surface area (Å²) in [7, 11) is 0. The number of nitrogens with one attached hydrogen (secondary N) is 1. The molecule has 0 spiro atoms. The van der Waals surface area contributed by atoms with Crippen molar-refractivity contribution >= 4 is 15.9 Å². The molecule has 3 heteroatoms. The van der Waals surface area contributed by atoms with Gasteiger partial charge >= 0.3 is 0 Å². The van der Waals surface area contributed by atoms with Crippen LogP contribution in [0.15, 0.2) is 28.7 Å². The van der Waals surface area contributed by atoms with E-state index in [2.05, 4.69) is 28.2 Å². The van der Waals surface area contributed by atoms with Crippen molar-refractivity contribution in [1.82, 2.24) is 5.32 Å². The zero-order chi connectivity index (χ0) is 12.8. The second-order valence-corrected chi connectivity index (χ2v) is 5.96. The third-order valence-corrected chi connectivity index (χ3v) is 3.99. The van der Waals surface area contributed by atoms with Crippen LogP contribution < -0.4 is 10.1 Å². The Morgan fingerprint density at radius 1 is 1.33 bits per heavy atom. The minimum Gasteiger partial charge on any atom is -0.494 e. The van der Waals surface area contributed by atoms with Gasteiger partial charge in [0.15, 0.2) is 0 Å².